The van der Waals surface area contributed by atoms with Crippen LogP contribution in [0.15, 0.2) is 54.7 Å². The Labute approximate surface area is 227 Å². The summed E-state index contributed by atoms with van der Waals surface area (Å²) in [4.78, 5) is 45.7. The van der Waals surface area contributed by atoms with Crippen molar-refractivity contribution < 1.29 is 19.1 Å². The number of benzene rings is 2. The maximum absolute atomic E-state index is 13.7. The van der Waals surface area contributed by atoms with Gasteiger partial charge in [-0.15, -0.1) is 0 Å². The fourth-order valence-electron chi connectivity index (χ4n) is 4.62. The zero-order chi connectivity index (χ0) is 27.1. The first kappa shape index (κ1) is 27.4. The smallest absolute Gasteiger partial charge is 0.255 e. The molecular weight excluding hydrogens is 504 g/mol. The maximum atomic E-state index is 13.7. The standard InChI is InChI=1S/C29H33ClN4O4/c1-19(2)15-21-18-38-26-11-10-20(30)16-24(26)28(36)32-12-3-4-14-34(17-27(35)33-21)29(37)23-7-5-9-25-22(23)8-6-13-31-25/h5-11,13,16,19,21H,3-4,12,14-15,17-18H2,1-2H3,(H,32,36)(H,33,35)/t21-/m0/s1. The Morgan fingerprint density at radius 1 is 1.16 bits per heavy atom. The number of rotatable bonds is 3. The van der Waals surface area contributed by atoms with Crippen molar-refractivity contribution >= 4 is 40.2 Å². The molecule has 2 N–H and O–H groups in total. The lowest BCUT2D eigenvalue weighted by Gasteiger charge is -2.26. The molecule has 38 heavy (non-hydrogen) atoms. The molecule has 0 saturated carbocycles. The number of amides is 3. The Morgan fingerprint density at radius 2 is 2.00 bits per heavy atom. The van der Waals surface area contributed by atoms with Crippen LogP contribution in [0.4, 0.5) is 0 Å². The van der Waals surface area contributed by atoms with Crippen LogP contribution in [-0.2, 0) is 4.79 Å². The third kappa shape index (κ3) is 7.01. The minimum Gasteiger partial charge on any atom is -0.491 e. The first-order valence-corrected chi connectivity index (χ1v) is 13.3. The summed E-state index contributed by atoms with van der Waals surface area (Å²) in [5.41, 5.74) is 1.57. The normalized spacial score (nSPS) is 17.6. The molecule has 0 saturated heterocycles. The number of ether oxygens (including phenoxy) is 1. The molecule has 1 aliphatic heterocycles. The Morgan fingerprint density at radius 3 is 2.82 bits per heavy atom. The summed E-state index contributed by atoms with van der Waals surface area (Å²) < 4.78 is 6.02. The summed E-state index contributed by atoms with van der Waals surface area (Å²) in [6, 6.07) is 13.7. The van der Waals surface area contributed by atoms with Crippen LogP contribution >= 0.6 is 11.6 Å². The van der Waals surface area contributed by atoms with Gasteiger partial charge in [0, 0.05) is 35.3 Å². The molecule has 4 rings (SSSR count). The van der Waals surface area contributed by atoms with Crippen molar-refractivity contribution in [2.24, 2.45) is 5.92 Å². The van der Waals surface area contributed by atoms with Crippen molar-refractivity contribution in [1.82, 2.24) is 20.5 Å². The topological polar surface area (TPSA) is 101 Å². The van der Waals surface area contributed by atoms with E-state index in [0.717, 1.165) is 10.9 Å². The molecule has 8 nitrogen and oxygen atoms in total. The van der Waals surface area contributed by atoms with E-state index in [-0.39, 0.29) is 36.9 Å². The summed E-state index contributed by atoms with van der Waals surface area (Å²) in [6.45, 7) is 5.00. The first-order chi connectivity index (χ1) is 18.3. The van der Waals surface area contributed by atoms with Gasteiger partial charge in [-0.1, -0.05) is 37.6 Å². The Hall–Kier alpha value is -3.65. The fourth-order valence-corrected chi connectivity index (χ4v) is 4.79. The number of carbonyl (C=O) groups is 3. The molecule has 200 valence electrons. The predicted octanol–water partition coefficient (Wildman–Crippen LogP) is 4.46. The quantitative estimate of drug-likeness (QED) is 0.514. The van der Waals surface area contributed by atoms with Crippen LogP contribution in [0.2, 0.25) is 5.02 Å². The largest absolute Gasteiger partial charge is 0.491 e. The van der Waals surface area contributed by atoms with E-state index < -0.39 is 0 Å². The van der Waals surface area contributed by atoms with Crippen LogP contribution in [0.3, 0.4) is 0 Å². The van der Waals surface area contributed by atoms with Crippen molar-refractivity contribution in [3.63, 3.8) is 0 Å². The molecule has 0 aliphatic carbocycles. The average molecular weight is 537 g/mol. The number of halogens is 1. The second-order valence-corrected chi connectivity index (χ2v) is 10.3. The molecule has 1 atom stereocenters. The summed E-state index contributed by atoms with van der Waals surface area (Å²) >= 11 is 6.15. The number of nitrogens with zero attached hydrogens (tertiary/aromatic N) is 2. The van der Waals surface area contributed by atoms with Gasteiger partial charge in [0.1, 0.15) is 12.4 Å². The van der Waals surface area contributed by atoms with E-state index in [9.17, 15) is 14.4 Å². The zero-order valence-electron chi connectivity index (χ0n) is 21.7. The highest BCUT2D eigenvalue weighted by molar-refractivity contribution is 6.31. The second-order valence-electron chi connectivity index (χ2n) is 9.91. The van der Waals surface area contributed by atoms with Crippen LogP contribution in [-0.4, -0.2) is 59.9 Å². The first-order valence-electron chi connectivity index (χ1n) is 12.9. The van der Waals surface area contributed by atoms with Crippen LogP contribution < -0.4 is 15.4 Å². The van der Waals surface area contributed by atoms with E-state index in [0.29, 0.717) is 60.2 Å². The highest BCUT2D eigenvalue weighted by Gasteiger charge is 2.24. The van der Waals surface area contributed by atoms with Gasteiger partial charge in [-0.05, 0) is 61.6 Å². The number of fused-ring (bicyclic) bond motifs is 2. The highest BCUT2D eigenvalue weighted by atomic mass is 35.5. The van der Waals surface area contributed by atoms with E-state index in [1.54, 1.807) is 47.5 Å². The van der Waals surface area contributed by atoms with Crippen LogP contribution in [0.25, 0.3) is 10.9 Å². The number of pyridine rings is 1. The van der Waals surface area contributed by atoms with Crippen molar-refractivity contribution in [1.29, 1.82) is 0 Å². The summed E-state index contributed by atoms with van der Waals surface area (Å²) in [5, 5.41) is 7.14. The maximum Gasteiger partial charge on any atom is 0.255 e. The van der Waals surface area contributed by atoms with Crippen LogP contribution in [0, 0.1) is 5.92 Å². The molecule has 1 aromatic heterocycles. The third-order valence-corrected chi connectivity index (χ3v) is 6.62. The summed E-state index contributed by atoms with van der Waals surface area (Å²) in [5.74, 6) is -0.0683. The molecule has 1 aliphatic rings. The molecule has 0 bridgehead atoms. The van der Waals surface area contributed by atoms with E-state index in [2.05, 4.69) is 29.5 Å². The van der Waals surface area contributed by atoms with Gasteiger partial charge in [-0.2, -0.15) is 0 Å². The molecular formula is C29H33ClN4O4. The van der Waals surface area contributed by atoms with Gasteiger partial charge in [0.15, 0.2) is 0 Å². The molecule has 2 aromatic carbocycles. The van der Waals surface area contributed by atoms with Gasteiger partial charge in [0.2, 0.25) is 5.91 Å². The second kappa shape index (κ2) is 12.7. The fraction of sp³-hybridized carbons (Fsp3) is 0.379. The molecule has 3 aromatic rings. The molecule has 0 spiro atoms. The average Bonchev–Trinajstić information content (AvgIpc) is 2.90. The Balaban J connectivity index is 1.59. The minimum atomic E-state index is -0.307. The van der Waals surface area contributed by atoms with Crippen molar-refractivity contribution in [3.8, 4) is 5.75 Å². The monoisotopic (exact) mass is 536 g/mol. The lowest BCUT2D eigenvalue weighted by molar-refractivity contribution is -0.122. The van der Waals surface area contributed by atoms with Crippen LogP contribution in [0.5, 0.6) is 5.75 Å². The molecule has 3 amide bonds. The lowest BCUT2D eigenvalue weighted by Crippen LogP contribution is -2.46. The van der Waals surface area contributed by atoms with Gasteiger partial charge in [-0.3, -0.25) is 19.4 Å². The van der Waals surface area contributed by atoms with Gasteiger partial charge < -0.3 is 20.3 Å². The number of hydrogen-bond acceptors (Lipinski definition) is 5. The SMILES string of the molecule is CC(C)C[C@H]1COc2ccc(Cl)cc2C(=O)NCCCCN(C(=O)c2cccc3ncccc23)CC(=O)N1. The number of nitrogens with one attached hydrogen (secondary N) is 2. The van der Waals surface area contributed by atoms with Crippen molar-refractivity contribution in [2.75, 3.05) is 26.2 Å². The Bertz CT molecular complexity index is 1310. The number of carbonyl (C=O) groups excluding carboxylic acids is 3. The van der Waals surface area contributed by atoms with Gasteiger partial charge in [-0.25, -0.2) is 0 Å². The van der Waals surface area contributed by atoms with E-state index in [4.69, 9.17) is 16.3 Å². The molecule has 0 fully saturated rings. The number of hydrogen-bond donors (Lipinski definition) is 2. The lowest BCUT2D eigenvalue weighted by atomic mass is 10.0. The van der Waals surface area contributed by atoms with E-state index in [1.807, 2.05) is 12.1 Å². The van der Waals surface area contributed by atoms with E-state index in [1.165, 1.54) is 0 Å². The Kier molecular flexibility index (Phi) is 9.18. The molecule has 9 heteroatoms. The minimum absolute atomic E-state index is 0.0807. The van der Waals surface area contributed by atoms with Crippen LogP contribution in [0.1, 0.15) is 53.8 Å². The number of aromatic nitrogens is 1. The van der Waals surface area contributed by atoms with Gasteiger partial charge in [0.25, 0.3) is 11.8 Å². The molecule has 0 radical (unpaired) electrons. The van der Waals surface area contributed by atoms with Gasteiger partial charge in [0.05, 0.1) is 23.7 Å². The van der Waals surface area contributed by atoms with Crippen molar-refractivity contribution in [3.05, 3.63) is 70.9 Å². The summed E-state index contributed by atoms with van der Waals surface area (Å²) in [7, 11) is 0. The van der Waals surface area contributed by atoms with Crippen molar-refractivity contribution in [2.45, 2.75) is 39.2 Å². The highest BCUT2D eigenvalue weighted by Crippen LogP contribution is 2.24. The van der Waals surface area contributed by atoms with Gasteiger partial charge >= 0.3 is 0 Å². The third-order valence-electron chi connectivity index (χ3n) is 6.39. The molecule has 0 unspecified atom stereocenters. The molecule has 2 heterocycles. The van der Waals surface area contributed by atoms with E-state index >= 15 is 0 Å². The zero-order valence-corrected chi connectivity index (χ0v) is 22.5. The predicted molar refractivity (Wildman–Crippen MR) is 148 cm³/mol. The summed E-state index contributed by atoms with van der Waals surface area (Å²) in [6.07, 6.45) is 3.59.